The average molecular weight is 840 g/mol. The van der Waals surface area contributed by atoms with Crippen LogP contribution in [0.2, 0.25) is 0 Å². The molecular formula is C62H53N3. The van der Waals surface area contributed by atoms with Crippen molar-refractivity contribution in [3.05, 3.63) is 258 Å². The maximum absolute atomic E-state index is 4.17. The van der Waals surface area contributed by atoms with Crippen LogP contribution in [0.3, 0.4) is 0 Å². The van der Waals surface area contributed by atoms with Crippen molar-refractivity contribution in [3.8, 4) is 44.5 Å². The van der Waals surface area contributed by atoms with Crippen LogP contribution in [0.4, 0.5) is 11.5 Å². The van der Waals surface area contributed by atoms with Crippen molar-refractivity contribution in [3.63, 3.8) is 0 Å². The van der Waals surface area contributed by atoms with E-state index in [1.165, 1.54) is 71.8 Å². The van der Waals surface area contributed by atoms with Gasteiger partial charge in [-0.25, -0.2) is 0 Å². The van der Waals surface area contributed by atoms with Gasteiger partial charge in [0.25, 0.3) is 0 Å². The lowest BCUT2D eigenvalue weighted by molar-refractivity contribution is 1.22. The lowest BCUT2D eigenvalue weighted by Gasteiger charge is -2.15. The first-order valence-corrected chi connectivity index (χ1v) is 22.4. The molecule has 0 fully saturated rings. The molecule has 0 bridgehead atoms. The maximum Gasteiger partial charge on any atom is 0.111 e. The Morgan fingerprint density at radius 3 is 1.92 bits per heavy atom. The number of aromatic nitrogens is 1. The van der Waals surface area contributed by atoms with Crippen LogP contribution in [0.15, 0.2) is 225 Å². The molecule has 1 aliphatic carbocycles. The van der Waals surface area contributed by atoms with Crippen LogP contribution in [0, 0.1) is 6.92 Å². The topological polar surface area (TPSA) is 39.9 Å². The average Bonchev–Trinajstić information content (AvgIpc) is 3.54. The van der Waals surface area contributed by atoms with Crippen molar-refractivity contribution in [2.24, 2.45) is 0 Å². The molecule has 0 spiro atoms. The van der Waals surface area contributed by atoms with Crippen molar-refractivity contribution < 1.29 is 0 Å². The van der Waals surface area contributed by atoms with Gasteiger partial charge in [-0.1, -0.05) is 194 Å². The molecule has 0 saturated carbocycles. The summed E-state index contributed by atoms with van der Waals surface area (Å²) in [7, 11) is 0. The number of benzene rings is 6. The van der Waals surface area contributed by atoms with E-state index >= 15 is 0 Å². The highest BCUT2D eigenvalue weighted by Crippen LogP contribution is 2.36. The van der Waals surface area contributed by atoms with Gasteiger partial charge in [-0.3, -0.25) is 0 Å². The van der Waals surface area contributed by atoms with Gasteiger partial charge in [0.15, 0.2) is 0 Å². The van der Waals surface area contributed by atoms with Gasteiger partial charge in [0.2, 0.25) is 0 Å². The fourth-order valence-corrected chi connectivity index (χ4v) is 8.68. The van der Waals surface area contributed by atoms with E-state index in [1.54, 1.807) is 0 Å². The Morgan fingerprint density at radius 1 is 0.585 bits per heavy atom. The lowest BCUT2D eigenvalue weighted by atomic mass is 9.92. The maximum atomic E-state index is 4.17. The molecule has 3 heterocycles. The van der Waals surface area contributed by atoms with Crippen molar-refractivity contribution in [2.75, 3.05) is 17.2 Å². The van der Waals surface area contributed by atoms with Crippen molar-refractivity contribution in [1.29, 1.82) is 0 Å². The molecule has 316 valence electrons. The largest absolute Gasteiger partial charge is 0.368 e. The van der Waals surface area contributed by atoms with E-state index in [0.29, 0.717) is 0 Å². The first kappa shape index (κ1) is 42.2. The summed E-state index contributed by atoms with van der Waals surface area (Å²) >= 11 is 0. The summed E-state index contributed by atoms with van der Waals surface area (Å²) in [6.07, 6.45) is 30.6. The van der Waals surface area contributed by atoms with Gasteiger partial charge in [0.05, 0.1) is 0 Å². The fraction of sp³-hybridized carbons (Fsp3) is 0.0645. The summed E-state index contributed by atoms with van der Waals surface area (Å²) in [5.41, 5.74) is 19.1. The summed E-state index contributed by atoms with van der Waals surface area (Å²) in [4.78, 5) is 3.53. The molecule has 6 aromatic carbocycles. The predicted molar refractivity (Wildman–Crippen MR) is 281 cm³/mol. The molecule has 0 amide bonds. The molecule has 0 unspecified atom stereocenters. The van der Waals surface area contributed by atoms with E-state index in [4.69, 9.17) is 0 Å². The zero-order valence-corrected chi connectivity index (χ0v) is 37.1. The Morgan fingerprint density at radius 2 is 1.22 bits per heavy atom. The quantitative estimate of drug-likeness (QED) is 0.150. The summed E-state index contributed by atoms with van der Waals surface area (Å²) in [5.74, 6) is 1.13. The van der Waals surface area contributed by atoms with Gasteiger partial charge in [0.1, 0.15) is 5.82 Å². The second-order valence-corrected chi connectivity index (χ2v) is 16.3. The van der Waals surface area contributed by atoms with Gasteiger partial charge < -0.3 is 15.6 Å². The number of nitrogens with one attached hydrogen (secondary N) is 3. The normalized spacial score (nSPS) is 16.4. The third kappa shape index (κ3) is 9.76. The molecule has 3 N–H and O–H groups in total. The highest BCUT2D eigenvalue weighted by molar-refractivity contribution is 5.92. The highest BCUT2D eigenvalue weighted by atomic mass is 15.0. The van der Waals surface area contributed by atoms with Crippen LogP contribution >= 0.6 is 0 Å². The van der Waals surface area contributed by atoms with Gasteiger partial charge in [-0.05, 0) is 130 Å². The van der Waals surface area contributed by atoms with Gasteiger partial charge in [-0.2, -0.15) is 0 Å². The smallest absolute Gasteiger partial charge is 0.111 e. The highest BCUT2D eigenvalue weighted by Gasteiger charge is 2.14. The molecule has 0 radical (unpaired) electrons. The number of hydrogen-bond donors (Lipinski definition) is 3. The molecular weight excluding hydrogens is 787 g/mol. The van der Waals surface area contributed by atoms with E-state index < -0.39 is 0 Å². The molecule has 0 atom stereocenters. The Balaban J connectivity index is 0.000000173. The molecule has 65 heavy (non-hydrogen) atoms. The molecule has 1 aromatic heterocycles. The van der Waals surface area contributed by atoms with E-state index in [1.807, 2.05) is 37.4 Å². The van der Waals surface area contributed by atoms with E-state index in [0.717, 1.165) is 46.7 Å². The monoisotopic (exact) mass is 839 g/mol. The van der Waals surface area contributed by atoms with Crippen LogP contribution in [-0.2, 0) is 0 Å². The van der Waals surface area contributed by atoms with Crippen LogP contribution < -0.4 is 21.2 Å². The van der Waals surface area contributed by atoms with Crippen molar-refractivity contribution >= 4 is 40.9 Å². The van der Waals surface area contributed by atoms with Crippen molar-refractivity contribution in [1.82, 2.24) is 4.98 Å². The van der Waals surface area contributed by atoms with E-state index in [2.05, 4.69) is 229 Å². The molecule has 7 aromatic rings. The number of aromatic amines is 1. The number of H-pyrrole nitrogens is 1. The minimum absolute atomic E-state index is 0.883. The predicted octanol–water partition coefficient (Wildman–Crippen LogP) is 14.7. The van der Waals surface area contributed by atoms with Gasteiger partial charge in [-0.15, -0.1) is 0 Å². The van der Waals surface area contributed by atoms with Crippen LogP contribution in [0.1, 0.15) is 35.6 Å². The Bertz CT molecular complexity index is 3230. The minimum atomic E-state index is 0.883. The zero-order valence-electron chi connectivity index (χ0n) is 37.1. The summed E-state index contributed by atoms with van der Waals surface area (Å²) in [6.45, 7) is 9.23. The van der Waals surface area contributed by atoms with Crippen molar-refractivity contribution in [2.45, 2.75) is 20.3 Å². The molecule has 3 nitrogen and oxygen atoms in total. The number of allylic oxidation sites excluding steroid dienone is 12. The molecule has 10 rings (SSSR count). The number of anilines is 2. The Kier molecular flexibility index (Phi) is 12.9. The first-order valence-electron chi connectivity index (χ1n) is 22.4. The fourth-order valence-electron chi connectivity index (χ4n) is 8.68. The summed E-state index contributed by atoms with van der Waals surface area (Å²) in [6, 6.07) is 52.2. The number of rotatable bonds is 7. The third-order valence-corrected chi connectivity index (χ3v) is 11.9. The molecule has 2 aliphatic heterocycles. The third-order valence-electron chi connectivity index (χ3n) is 11.9. The Labute approximate surface area is 383 Å². The van der Waals surface area contributed by atoms with Crippen LogP contribution in [0.25, 0.3) is 73.9 Å². The number of aryl methyl sites for hydroxylation is 1. The first-order chi connectivity index (χ1) is 32.0. The standard InChI is InChI=1S/C37H31N.C25H22N2/c1-3-14-29-17-8-5-6-11-24-38-37-23-22-34(27-36(37)35(29)4-2)33-21-13-20-32(26-33)31-19-12-18-30(25-31)28-15-9-7-10-16-28;1-17-6-2-7-18(14-17)19-8-3-9-20(15-19)21-10-4-12-24-23(16-21)22-11-5-13-26-25(22)27-24/h3-27,38H,2H2,1H3;2-3,5-12,14-16,26-27H,4,13H2,1H3/b6-5-,14-3-,17-8-,24-11+,35-29-;. The SMILES string of the molecule is C=C/C1=C(\C=C/C)/C=C\C=C/C=C/Nc2ccc(-c3cccc(-c4cccc(-c5ccccc5)c4)c3)cc21.Cc1cccc(-c2cccc(C3=CCC=c4[nH]c5c(c4=C3)C=CCN5)c2)c1. The molecule has 3 aliphatic rings. The summed E-state index contributed by atoms with van der Waals surface area (Å²) < 4.78 is 0. The number of fused-ring (bicyclic) bond motifs is 4. The van der Waals surface area contributed by atoms with Gasteiger partial charge >= 0.3 is 0 Å². The molecule has 0 saturated heterocycles. The van der Waals surface area contributed by atoms with Crippen LogP contribution in [0.5, 0.6) is 0 Å². The minimum Gasteiger partial charge on any atom is -0.368 e. The second-order valence-electron chi connectivity index (χ2n) is 16.3. The lowest BCUT2D eigenvalue weighted by Crippen LogP contribution is -2.23. The number of hydrogen-bond acceptors (Lipinski definition) is 2. The second kappa shape index (κ2) is 19.9. The zero-order chi connectivity index (χ0) is 44.4. The Hall–Kier alpha value is -8.14. The van der Waals surface area contributed by atoms with Gasteiger partial charge in [0, 0.05) is 40.1 Å². The van der Waals surface area contributed by atoms with E-state index in [-0.39, 0.29) is 0 Å². The molecule has 3 heteroatoms. The summed E-state index contributed by atoms with van der Waals surface area (Å²) in [5, 5.41) is 9.37. The van der Waals surface area contributed by atoms with Crippen LogP contribution in [-0.4, -0.2) is 11.5 Å². The van der Waals surface area contributed by atoms with E-state index in [9.17, 15) is 0 Å².